The van der Waals surface area contributed by atoms with Crippen LogP contribution >= 0.6 is 0 Å². The van der Waals surface area contributed by atoms with E-state index in [0.717, 1.165) is 47.7 Å². The summed E-state index contributed by atoms with van der Waals surface area (Å²) in [6.45, 7) is 4.14. The number of likely N-dealkylation sites (tertiary alicyclic amines) is 1. The van der Waals surface area contributed by atoms with Crippen LogP contribution in [0.15, 0.2) is 71.6 Å². The summed E-state index contributed by atoms with van der Waals surface area (Å²) < 4.78 is 2.01. The predicted octanol–water partition coefficient (Wildman–Crippen LogP) is 3.08. The van der Waals surface area contributed by atoms with E-state index in [1.807, 2.05) is 58.9 Å². The van der Waals surface area contributed by atoms with Gasteiger partial charge in [0.2, 0.25) is 0 Å². The van der Waals surface area contributed by atoms with E-state index in [-0.39, 0.29) is 5.91 Å². The number of amides is 1. The Morgan fingerprint density at radius 2 is 2.03 bits per heavy atom. The van der Waals surface area contributed by atoms with Gasteiger partial charge in [-0.1, -0.05) is 30.3 Å². The van der Waals surface area contributed by atoms with Gasteiger partial charge in [0.15, 0.2) is 0 Å². The number of benzene rings is 1. The Kier molecular flexibility index (Phi) is 5.42. The van der Waals surface area contributed by atoms with E-state index in [9.17, 15) is 4.79 Å². The molecule has 1 aliphatic heterocycles. The molecule has 1 saturated heterocycles. The molecule has 4 rings (SSSR count). The van der Waals surface area contributed by atoms with Crippen molar-refractivity contribution in [1.29, 1.82) is 0 Å². The van der Waals surface area contributed by atoms with Crippen LogP contribution in [0.25, 0.3) is 16.9 Å². The molecular formula is C23H25N5O. The van der Waals surface area contributed by atoms with Gasteiger partial charge < -0.3 is 15.0 Å². The van der Waals surface area contributed by atoms with Gasteiger partial charge in [-0.25, -0.2) is 4.98 Å². The van der Waals surface area contributed by atoms with Crippen LogP contribution in [0.2, 0.25) is 0 Å². The number of hydrogen-bond acceptors (Lipinski definition) is 4. The van der Waals surface area contributed by atoms with Crippen molar-refractivity contribution in [3.63, 3.8) is 0 Å². The fourth-order valence-electron chi connectivity index (χ4n) is 3.48. The molecule has 1 aromatic carbocycles. The van der Waals surface area contributed by atoms with Crippen molar-refractivity contribution in [2.24, 2.45) is 10.7 Å². The van der Waals surface area contributed by atoms with Gasteiger partial charge in [-0.15, -0.1) is 0 Å². The van der Waals surface area contributed by atoms with Crippen molar-refractivity contribution in [1.82, 2.24) is 14.3 Å². The lowest BCUT2D eigenvalue weighted by Crippen LogP contribution is -2.44. The van der Waals surface area contributed by atoms with Crippen molar-refractivity contribution in [3.05, 3.63) is 72.2 Å². The molecule has 1 amide bonds. The number of hydrogen-bond donors (Lipinski definition) is 1. The summed E-state index contributed by atoms with van der Waals surface area (Å²) in [7, 11) is 0. The summed E-state index contributed by atoms with van der Waals surface area (Å²) in [5, 5.41) is 0. The normalized spacial score (nSPS) is 14.9. The topological polar surface area (TPSA) is 76.0 Å². The van der Waals surface area contributed by atoms with Crippen LogP contribution in [0.3, 0.4) is 0 Å². The van der Waals surface area contributed by atoms with Gasteiger partial charge in [0, 0.05) is 50.2 Å². The SMILES string of the molecule is CCN=C(Cc1ccn2cc(-c3ccccc3)nc2c1)C(=CN)C(=O)N1CCC1. The first-order valence-electron chi connectivity index (χ1n) is 9.97. The Bertz CT molecular complexity index is 1080. The zero-order valence-electron chi connectivity index (χ0n) is 16.6. The van der Waals surface area contributed by atoms with E-state index in [2.05, 4.69) is 17.1 Å². The highest BCUT2D eigenvalue weighted by molar-refractivity contribution is 6.22. The number of imidazole rings is 1. The van der Waals surface area contributed by atoms with Crippen LogP contribution in [-0.4, -0.2) is 45.5 Å². The summed E-state index contributed by atoms with van der Waals surface area (Å²) >= 11 is 0. The van der Waals surface area contributed by atoms with Crippen molar-refractivity contribution in [2.45, 2.75) is 19.8 Å². The first kappa shape index (κ1) is 18.9. The lowest BCUT2D eigenvalue weighted by Gasteiger charge is -2.31. The fourth-order valence-corrected chi connectivity index (χ4v) is 3.48. The van der Waals surface area contributed by atoms with E-state index in [4.69, 9.17) is 10.7 Å². The molecule has 0 spiro atoms. The number of aromatic nitrogens is 2. The molecule has 6 nitrogen and oxygen atoms in total. The van der Waals surface area contributed by atoms with E-state index in [1.54, 1.807) is 0 Å². The van der Waals surface area contributed by atoms with Crippen molar-refractivity contribution < 1.29 is 4.79 Å². The monoisotopic (exact) mass is 387 g/mol. The third-order valence-electron chi connectivity index (χ3n) is 5.17. The first-order chi connectivity index (χ1) is 14.2. The number of carbonyl (C=O) groups is 1. The third kappa shape index (κ3) is 3.92. The predicted molar refractivity (Wildman–Crippen MR) is 116 cm³/mol. The molecule has 148 valence electrons. The molecule has 3 aromatic rings. The maximum atomic E-state index is 12.7. The number of nitrogens with zero attached hydrogens (tertiary/aromatic N) is 4. The third-order valence-corrected chi connectivity index (χ3v) is 5.17. The Morgan fingerprint density at radius 1 is 1.24 bits per heavy atom. The van der Waals surface area contributed by atoms with Crippen LogP contribution in [-0.2, 0) is 11.2 Å². The van der Waals surface area contributed by atoms with E-state index in [0.29, 0.717) is 18.5 Å². The smallest absolute Gasteiger partial charge is 0.257 e. The van der Waals surface area contributed by atoms with Crippen molar-refractivity contribution in [3.8, 4) is 11.3 Å². The largest absolute Gasteiger partial charge is 0.404 e. The Balaban J connectivity index is 1.61. The van der Waals surface area contributed by atoms with Gasteiger partial charge in [-0.3, -0.25) is 9.79 Å². The van der Waals surface area contributed by atoms with Gasteiger partial charge in [0.05, 0.1) is 17.0 Å². The van der Waals surface area contributed by atoms with E-state index < -0.39 is 0 Å². The van der Waals surface area contributed by atoms with Gasteiger partial charge in [0.25, 0.3) is 5.91 Å². The first-order valence-corrected chi connectivity index (χ1v) is 9.97. The highest BCUT2D eigenvalue weighted by Crippen LogP contribution is 2.20. The zero-order chi connectivity index (χ0) is 20.2. The van der Waals surface area contributed by atoms with Crippen LogP contribution in [0.1, 0.15) is 18.9 Å². The standard InChI is InChI=1S/C23H25N5O/c1-2-25-20(19(15-24)23(29)27-10-6-11-27)13-17-9-12-28-16-21(26-22(28)14-17)18-7-4-3-5-8-18/h3-5,7-9,12,14-16H,2,6,10-11,13,24H2,1H3. The number of aliphatic imine (C=N–C) groups is 1. The Hall–Kier alpha value is -3.41. The van der Waals surface area contributed by atoms with Crippen molar-refractivity contribution in [2.75, 3.05) is 19.6 Å². The fraction of sp³-hybridized carbons (Fsp3) is 0.261. The number of pyridine rings is 1. The average Bonchev–Trinajstić information content (AvgIpc) is 3.11. The summed E-state index contributed by atoms with van der Waals surface area (Å²) in [6.07, 6.45) is 7.01. The van der Waals surface area contributed by atoms with E-state index >= 15 is 0 Å². The minimum absolute atomic E-state index is 0.0285. The number of rotatable bonds is 6. The molecule has 1 fully saturated rings. The second kappa shape index (κ2) is 8.31. The number of fused-ring (bicyclic) bond motifs is 1. The van der Waals surface area contributed by atoms with Gasteiger partial charge in [-0.2, -0.15) is 0 Å². The lowest BCUT2D eigenvalue weighted by molar-refractivity contribution is -0.129. The maximum absolute atomic E-state index is 12.7. The molecular weight excluding hydrogens is 362 g/mol. The summed E-state index contributed by atoms with van der Waals surface area (Å²) in [5.74, 6) is -0.0285. The number of carbonyl (C=O) groups excluding carboxylic acids is 1. The molecule has 2 aromatic heterocycles. The molecule has 0 radical (unpaired) electrons. The summed E-state index contributed by atoms with van der Waals surface area (Å²) in [6, 6.07) is 14.2. The quantitative estimate of drug-likeness (QED) is 0.522. The molecule has 1 aliphatic rings. The van der Waals surface area contributed by atoms with Crippen LogP contribution in [0.5, 0.6) is 0 Å². The Labute approximate surface area is 170 Å². The van der Waals surface area contributed by atoms with E-state index in [1.165, 1.54) is 6.20 Å². The molecule has 6 heteroatoms. The van der Waals surface area contributed by atoms with Gasteiger partial charge >= 0.3 is 0 Å². The second-order valence-electron chi connectivity index (χ2n) is 7.12. The molecule has 0 bridgehead atoms. The average molecular weight is 387 g/mol. The van der Waals surface area contributed by atoms with Gasteiger partial charge in [0.1, 0.15) is 5.65 Å². The van der Waals surface area contributed by atoms with Gasteiger partial charge in [-0.05, 0) is 31.0 Å². The highest BCUT2D eigenvalue weighted by Gasteiger charge is 2.26. The van der Waals surface area contributed by atoms with Crippen molar-refractivity contribution >= 4 is 17.3 Å². The minimum Gasteiger partial charge on any atom is -0.404 e. The molecule has 0 aliphatic carbocycles. The minimum atomic E-state index is -0.0285. The maximum Gasteiger partial charge on any atom is 0.257 e. The number of nitrogens with two attached hydrogens (primary N) is 1. The second-order valence-corrected chi connectivity index (χ2v) is 7.12. The lowest BCUT2D eigenvalue weighted by atomic mass is 10.0. The van der Waals surface area contributed by atoms with Crippen LogP contribution < -0.4 is 5.73 Å². The Morgan fingerprint density at radius 3 is 2.69 bits per heavy atom. The van der Waals surface area contributed by atoms with Crippen LogP contribution in [0.4, 0.5) is 0 Å². The summed E-state index contributed by atoms with van der Waals surface area (Å²) in [4.78, 5) is 23.9. The van der Waals surface area contributed by atoms with Crippen LogP contribution in [0, 0.1) is 0 Å². The molecule has 0 unspecified atom stereocenters. The zero-order valence-corrected chi connectivity index (χ0v) is 16.6. The summed E-state index contributed by atoms with van der Waals surface area (Å²) in [5.41, 5.74) is 11.0. The molecule has 0 atom stereocenters. The highest BCUT2D eigenvalue weighted by atomic mass is 16.2. The molecule has 0 saturated carbocycles. The molecule has 3 heterocycles. The molecule has 29 heavy (non-hydrogen) atoms. The molecule has 2 N–H and O–H groups in total.